The zero-order valence-corrected chi connectivity index (χ0v) is 11.1. The average Bonchev–Trinajstić information content (AvgIpc) is 2.30. The van der Waals surface area contributed by atoms with Crippen LogP contribution in [0.2, 0.25) is 0 Å². The monoisotopic (exact) mass is 240 g/mol. The number of rotatable bonds is 6. The maximum atomic E-state index is 6.39. The molecule has 0 bridgehead atoms. The molecule has 90 valence electrons. The van der Waals surface area contributed by atoms with Gasteiger partial charge in [-0.05, 0) is 36.5 Å². The molecule has 0 saturated carbocycles. The lowest BCUT2D eigenvalue weighted by molar-refractivity contribution is 0.414. The van der Waals surface area contributed by atoms with Gasteiger partial charge in [-0.3, -0.25) is 0 Å². The summed E-state index contributed by atoms with van der Waals surface area (Å²) >= 11 is 6.39. The summed E-state index contributed by atoms with van der Waals surface area (Å²) in [6, 6.07) is 8.16. The van der Waals surface area contributed by atoms with E-state index in [2.05, 4.69) is 26.0 Å². The zero-order valence-electron chi connectivity index (χ0n) is 10.4. The van der Waals surface area contributed by atoms with E-state index in [1.54, 1.807) is 7.11 Å². The summed E-state index contributed by atoms with van der Waals surface area (Å²) in [5.41, 5.74) is 1.28. The summed E-state index contributed by atoms with van der Waals surface area (Å²) in [6.45, 7) is 4.43. The van der Waals surface area contributed by atoms with Crippen LogP contribution in [0, 0.1) is 5.92 Å². The van der Waals surface area contributed by atoms with Crippen LogP contribution in [0.25, 0.3) is 0 Å². The minimum absolute atomic E-state index is 0.230. The molecular weight excluding hydrogens is 220 g/mol. The van der Waals surface area contributed by atoms with E-state index in [0.29, 0.717) is 5.92 Å². The molecule has 0 aliphatic heterocycles. The van der Waals surface area contributed by atoms with Gasteiger partial charge < -0.3 is 4.74 Å². The third-order valence-corrected chi connectivity index (χ3v) is 3.54. The highest BCUT2D eigenvalue weighted by Gasteiger charge is 2.13. The molecule has 1 aromatic carbocycles. The van der Waals surface area contributed by atoms with Crippen molar-refractivity contribution in [1.82, 2.24) is 0 Å². The molecule has 0 radical (unpaired) electrons. The smallest absolute Gasteiger partial charge is 0.118 e. The van der Waals surface area contributed by atoms with Crippen LogP contribution in [0.15, 0.2) is 24.3 Å². The van der Waals surface area contributed by atoms with E-state index in [1.165, 1.54) is 18.4 Å². The molecule has 0 aromatic heterocycles. The maximum Gasteiger partial charge on any atom is 0.118 e. The first-order chi connectivity index (χ1) is 7.67. The Bertz CT molecular complexity index is 294. The van der Waals surface area contributed by atoms with Crippen molar-refractivity contribution in [2.75, 3.05) is 7.11 Å². The third-order valence-electron chi connectivity index (χ3n) is 2.95. The van der Waals surface area contributed by atoms with Gasteiger partial charge in [-0.25, -0.2) is 0 Å². The molecule has 1 nitrogen and oxygen atoms in total. The molecule has 2 heteroatoms. The van der Waals surface area contributed by atoms with Gasteiger partial charge in [0.05, 0.1) is 7.11 Å². The Labute approximate surface area is 104 Å². The Morgan fingerprint density at radius 3 is 2.38 bits per heavy atom. The van der Waals surface area contributed by atoms with Gasteiger partial charge in [-0.2, -0.15) is 0 Å². The second kappa shape index (κ2) is 6.80. The first-order valence-corrected chi connectivity index (χ1v) is 6.38. The van der Waals surface area contributed by atoms with Crippen molar-refractivity contribution >= 4 is 11.6 Å². The molecule has 0 fully saturated rings. The molecule has 0 spiro atoms. The first kappa shape index (κ1) is 13.4. The number of methoxy groups -OCH3 is 1. The summed E-state index contributed by atoms with van der Waals surface area (Å²) in [7, 11) is 1.68. The van der Waals surface area contributed by atoms with Crippen molar-refractivity contribution in [2.45, 2.75) is 38.5 Å². The molecule has 0 saturated heterocycles. The summed E-state index contributed by atoms with van der Waals surface area (Å²) in [4.78, 5) is 0. The van der Waals surface area contributed by atoms with E-state index in [9.17, 15) is 0 Å². The van der Waals surface area contributed by atoms with Crippen LogP contribution in [-0.2, 0) is 6.42 Å². The predicted octanol–water partition coefficient (Wildman–Crippen LogP) is 4.28. The number of halogens is 1. The van der Waals surface area contributed by atoms with Crippen LogP contribution in [0.3, 0.4) is 0 Å². The lowest BCUT2D eigenvalue weighted by atomic mass is 9.96. The van der Waals surface area contributed by atoms with E-state index in [-0.39, 0.29) is 5.38 Å². The van der Waals surface area contributed by atoms with Crippen LogP contribution in [0.5, 0.6) is 5.75 Å². The molecule has 1 rings (SSSR count). The van der Waals surface area contributed by atoms with E-state index in [1.807, 2.05) is 12.1 Å². The van der Waals surface area contributed by atoms with Crippen molar-refractivity contribution in [1.29, 1.82) is 0 Å². The van der Waals surface area contributed by atoms with Crippen LogP contribution in [0.1, 0.15) is 32.3 Å². The molecule has 0 amide bonds. The van der Waals surface area contributed by atoms with Crippen LogP contribution >= 0.6 is 11.6 Å². The van der Waals surface area contributed by atoms with Crippen molar-refractivity contribution < 1.29 is 4.74 Å². The van der Waals surface area contributed by atoms with Crippen LogP contribution < -0.4 is 4.74 Å². The summed E-state index contributed by atoms with van der Waals surface area (Å²) < 4.78 is 5.13. The third kappa shape index (κ3) is 4.05. The molecule has 0 heterocycles. The molecule has 1 aromatic rings. The fourth-order valence-electron chi connectivity index (χ4n) is 1.82. The first-order valence-electron chi connectivity index (χ1n) is 5.94. The Hall–Kier alpha value is -0.690. The van der Waals surface area contributed by atoms with Crippen molar-refractivity contribution in [3.63, 3.8) is 0 Å². The highest BCUT2D eigenvalue weighted by molar-refractivity contribution is 6.20. The minimum Gasteiger partial charge on any atom is -0.497 e. The van der Waals surface area contributed by atoms with E-state index in [4.69, 9.17) is 16.3 Å². The second-order valence-corrected chi connectivity index (χ2v) is 4.89. The Kier molecular flexibility index (Phi) is 5.68. The Balaban J connectivity index is 2.52. The number of benzene rings is 1. The number of hydrogen-bond donors (Lipinski definition) is 0. The molecule has 2 atom stereocenters. The van der Waals surface area contributed by atoms with Gasteiger partial charge in [0.25, 0.3) is 0 Å². The number of ether oxygens (including phenoxy) is 1. The lowest BCUT2D eigenvalue weighted by Crippen LogP contribution is -2.14. The zero-order chi connectivity index (χ0) is 12.0. The highest BCUT2D eigenvalue weighted by Crippen LogP contribution is 2.21. The van der Waals surface area contributed by atoms with Crippen molar-refractivity contribution in [2.24, 2.45) is 5.92 Å². The van der Waals surface area contributed by atoms with Gasteiger partial charge in [0.1, 0.15) is 5.75 Å². The summed E-state index contributed by atoms with van der Waals surface area (Å²) in [6.07, 6.45) is 3.34. The largest absolute Gasteiger partial charge is 0.497 e. The van der Waals surface area contributed by atoms with Crippen LogP contribution in [-0.4, -0.2) is 12.5 Å². The average molecular weight is 241 g/mol. The normalized spacial score (nSPS) is 14.5. The van der Waals surface area contributed by atoms with E-state index in [0.717, 1.165) is 12.2 Å². The second-order valence-electron chi connectivity index (χ2n) is 4.33. The fourth-order valence-corrected chi connectivity index (χ4v) is 2.13. The quantitative estimate of drug-likeness (QED) is 0.675. The predicted molar refractivity (Wildman–Crippen MR) is 70.4 cm³/mol. The molecule has 2 unspecified atom stereocenters. The number of alkyl halides is 1. The van der Waals surface area contributed by atoms with E-state index >= 15 is 0 Å². The Morgan fingerprint density at radius 2 is 1.88 bits per heavy atom. The number of hydrogen-bond acceptors (Lipinski definition) is 1. The minimum atomic E-state index is 0.230. The van der Waals surface area contributed by atoms with Crippen LogP contribution in [0.4, 0.5) is 0 Å². The van der Waals surface area contributed by atoms with Gasteiger partial charge in [0, 0.05) is 5.38 Å². The fraction of sp³-hybridized carbons (Fsp3) is 0.571. The molecule has 0 N–H and O–H groups in total. The molecular formula is C14H21ClO. The van der Waals surface area contributed by atoms with E-state index < -0.39 is 0 Å². The topological polar surface area (TPSA) is 9.23 Å². The van der Waals surface area contributed by atoms with Crippen molar-refractivity contribution in [3.8, 4) is 5.75 Å². The highest BCUT2D eigenvalue weighted by atomic mass is 35.5. The Morgan fingerprint density at radius 1 is 1.25 bits per heavy atom. The summed E-state index contributed by atoms with van der Waals surface area (Å²) in [5.74, 6) is 1.48. The molecule has 16 heavy (non-hydrogen) atoms. The van der Waals surface area contributed by atoms with Gasteiger partial charge in [-0.15, -0.1) is 11.6 Å². The lowest BCUT2D eigenvalue weighted by Gasteiger charge is -2.17. The van der Waals surface area contributed by atoms with Gasteiger partial charge >= 0.3 is 0 Å². The maximum absolute atomic E-state index is 6.39. The van der Waals surface area contributed by atoms with Gasteiger partial charge in [0.2, 0.25) is 0 Å². The van der Waals surface area contributed by atoms with Crippen molar-refractivity contribution in [3.05, 3.63) is 29.8 Å². The standard InChI is InChI=1S/C14H21ClO/c1-4-5-11(2)14(15)10-12-6-8-13(16-3)9-7-12/h6-9,11,14H,4-5,10H2,1-3H3. The summed E-state index contributed by atoms with van der Waals surface area (Å²) in [5, 5.41) is 0.230. The molecule has 0 aliphatic rings. The van der Waals surface area contributed by atoms with Gasteiger partial charge in [-0.1, -0.05) is 32.4 Å². The SMILES string of the molecule is CCCC(C)C(Cl)Cc1ccc(OC)cc1. The molecule has 0 aliphatic carbocycles. The van der Waals surface area contributed by atoms with Gasteiger partial charge in [0.15, 0.2) is 0 Å².